The molecule has 1 aliphatic heterocycles. The molecule has 2 N–H and O–H groups in total. The number of nitrogens with zero attached hydrogens (tertiary/aromatic N) is 2. The normalized spacial score (nSPS) is 22.2. The number of nitrogens with one attached hydrogen (secondary N) is 1. The molecule has 2 atom stereocenters. The number of carbonyl (C=O) groups excluding carboxylic acids is 1. The predicted molar refractivity (Wildman–Crippen MR) is 111 cm³/mol. The molecule has 1 aromatic heterocycles. The van der Waals surface area contributed by atoms with Gasteiger partial charge in [-0.15, -0.1) is 0 Å². The van der Waals surface area contributed by atoms with E-state index in [0.29, 0.717) is 40.6 Å². The minimum atomic E-state index is -1.10. The van der Waals surface area contributed by atoms with Crippen molar-refractivity contribution in [3.8, 4) is 5.75 Å². The van der Waals surface area contributed by atoms with E-state index in [9.17, 15) is 18.7 Å². The van der Waals surface area contributed by atoms with Gasteiger partial charge in [-0.2, -0.15) is 0 Å². The molecule has 1 fully saturated rings. The summed E-state index contributed by atoms with van der Waals surface area (Å²) in [6.45, 7) is 2.58. The van der Waals surface area contributed by atoms with Crippen LogP contribution in [0, 0.1) is 11.6 Å². The summed E-state index contributed by atoms with van der Waals surface area (Å²) in [5.74, 6) is -0.711. The zero-order valence-electron chi connectivity index (χ0n) is 16.3. The number of amides is 1. The lowest BCUT2D eigenvalue weighted by atomic mass is 9.90. The largest absolute Gasteiger partial charge is 0.486 e. The van der Waals surface area contributed by atoms with Crippen molar-refractivity contribution < 1.29 is 23.4 Å². The Labute approximate surface area is 176 Å². The molecule has 2 heterocycles. The fourth-order valence-corrected chi connectivity index (χ4v) is 4.30. The second-order valence-electron chi connectivity index (χ2n) is 7.59. The molecule has 0 spiro atoms. The second-order valence-corrected chi connectivity index (χ2v) is 8.62. The van der Waals surface area contributed by atoms with Gasteiger partial charge in [-0.05, 0) is 43.7 Å². The fraction of sp³-hybridized carbons (Fsp3) is 0.333. The topological polar surface area (TPSA) is 74.7 Å². The summed E-state index contributed by atoms with van der Waals surface area (Å²) < 4.78 is 33.2. The fourth-order valence-electron chi connectivity index (χ4n) is 3.39. The average molecular weight is 433 g/mol. The number of likely N-dealkylation sites (tertiary alicyclic amines) is 1. The van der Waals surface area contributed by atoms with Crippen molar-refractivity contribution in [1.29, 1.82) is 0 Å². The molecule has 1 amide bonds. The van der Waals surface area contributed by atoms with Crippen molar-refractivity contribution in [2.24, 2.45) is 0 Å². The summed E-state index contributed by atoms with van der Waals surface area (Å²) >= 11 is 1.20. The molecule has 3 aromatic rings. The molecule has 6 nitrogen and oxygen atoms in total. The minimum Gasteiger partial charge on any atom is -0.486 e. The Balaban J connectivity index is 1.39. The highest BCUT2D eigenvalue weighted by Crippen LogP contribution is 2.28. The number of benzene rings is 2. The first-order valence-corrected chi connectivity index (χ1v) is 10.3. The maximum atomic E-state index is 13.4. The van der Waals surface area contributed by atoms with Gasteiger partial charge in [0.1, 0.15) is 29.1 Å². The lowest BCUT2D eigenvalue weighted by Gasteiger charge is -2.42. The van der Waals surface area contributed by atoms with E-state index in [1.165, 1.54) is 41.7 Å². The van der Waals surface area contributed by atoms with E-state index in [1.807, 2.05) is 4.90 Å². The minimum absolute atomic E-state index is 0.0867. The highest BCUT2D eigenvalue weighted by atomic mass is 32.1. The van der Waals surface area contributed by atoms with Crippen LogP contribution in [-0.2, 0) is 4.79 Å². The van der Waals surface area contributed by atoms with Crippen LogP contribution in [0.15, 0.2) is 42.5 Å². The lowest BCUT2D eigenvalue weighted by Crippen LogP contribution is -2.57. The molecule has 158 valence electrons. The van der Waals surface area contributed by atoms with Crippen LogP contribution in [-0.4, -0.2) is 52.2 Å². The zero-order valence-corrected chi connectivity index (χ0v) is 17.1. The summed E-state index contributed by atoms with van der Waals surface area (Å²) in [5.41, 5.74) is -0.481. The highest BCUT2D eigenvalue weighted by Gasteiger charge is 2.40. The zero-order chi connectivity index (χ0) is 21.3. The third-order valence-electron chi connectivity index (χ3n) is 5.09. The molecule has 1 saturated heterocycles. The molecule has 9 heteroatoms. The second kappa shape index (κ2) is 8.25. The molecule has 1 aliphatic rings. The van der Waals surface area contributed by atoms with Crippen molar-refractivity contribution in [3.05, 3.63) is 54.1 Å². The van der Waals surface area contributed by atoms with E-state index < -0.39 is 17.5 Å². The number of aliphatic hydroxyl groups is 1. The van der Waals surface area contributed by atoms with Crippen LogP contribution < -0.4 is 10.1 Å². The van der Waals surface area contributed by atoms with Crippen LogP contribution in [0.4, 0.5) is 13.9 Å². The number of aromatic nitrogens is 1. The number of ether oxygens (including phenoxy) is 1. The van der Waals surface area contributed by atoms with Gasteiger partial charge in [0.2, 0.25) is 5.91 Å². The van der Waals surface area contributed by atoms with Gasteiger partial charge in [0, 0.05) is 19.2 Å². The molecule has 0 unspecified atom stereocenters. The Morgan fingerprint density at radius 3 is 2.93 bits per heavy atom. The van der Waals surface area contributed by atoms with Crippen molar-refractivity contribution in [2.45, 2.75) is 25.0 Å². The SMILES string of the molecule is C[C@]1(O)CCN(CC(=O)Nc2nc3ccc(F)cc3s2)C[C@@H]1Oc1cccc(F)c1. The van der Waals surface area contributed by atoms with Gasteiger partial charge >= 0.3 is 0 Å². The van der Waals surface area contributed by atoms with Crippen LogP contribution in [0.1, 0.15) is 13.3 Å². The summed E-state index contributed by atoms with van der Waals surface area (Å²) in [4.78, 5) is 18.6. The monoisotopic (exact) mass is 433 g/mol. The summed E-state index contributed by atoms with van der Waals surface area (Å²) in [5, 5.41) is 13.8. The van der Waals surface area contributed by atoms with Gasteiger partial charge < -0.3 is 15.2 Å². The third kappa shape index (κ3) is 4.75. The predicted octanol–water partition coefficient (Wildman–Crippen LogP) is 3.42. The van der Waals surface area contributed by atoms with Crippen LogP contribution in [0.2, 0.25) is 0 Å². The number of rotatable bonds is 5. The van der Waals surface area contributed by atoms with Crippen LogP contribution in [0.25, 0.3) is 10.2 Å². The number of thiazole rings is 1. The molecule has 0 saturated carbocycles. The first-order chi connectivity index (χ1) is 14.3. The van der Waals surface area contributed by atoms with E-state index in [4.69, 9.17) is 4.74 Å². The maximum absolute atomic E-state index is 13.4. The number of fused-ring (bicyclic) bond motifs is 1. The molecule has 30 heavy (non-hydrogen) atoms. The van der Waals surface area contributed by atoms with Gasteiger partial charge in [-0.25, -0.2) is 13.8 Å². The van der Waals surface area contributed by atoms with Gasteiger partial charge in [-0.3, -0.25) is 9.69 Å². The molecule has 0 bridgehead atoms. The first kappa shape index (κ1) is 20.6. The molecule has 0 radical (unpaired) electrons. The Bertz CT molecular complexity index is 1070. The van der Waals surface area contributed by atoms with E-state index in [0.717, 1.165) is 0 Å². The molecular formula is C21H21F2N3O3S. The Morgan fingerprint density at radius 1 is 1.33 bits per heavy atom. The molecular weight excluding hydrogens is 412 g/mol. The van der Waals surface area contributed by atoms with E-state index in [1.54, 1.807) is 19.1 Å². The first-order valence-electron chi connectivity index (χ1n) is 9.51. The number of halogens is 2. The maximum Gasteiger partial charge on any atom is 0.240 e. The van der Waals surface area contributed by atoms with E-state index in [2.05, 4.69) is 10.3 Å². The molecule has 4 rings (SSSR count). The van der Waals surface area contributed by atoms with Crippen LogP contribution >= 0.6 is 11.3 Å². The number of hydrogen-bond acceptors (Lipinski definition) is 6. The van der Waals surface area contributed by atoms with Gasteiger partial charge in [0.05, 0.1) is 16.8 Å². The van der Waals surface area contributed by atoms with Crippen molar-refractivity contribution in [3.63, 3.8) is 0 Å². The van der Waals surface area contributed by atoms with Crippen molar-refractivity contribution in [2.75, 3.05) is 25.0 Å². The number of hydrogen-bond donors (Lipinski definition) is 2. The quantitative estimate of drug-likeness (QED) is 0.645. The molecule has 0 aliphatic carbocycles. The van der Waals surface area contributed by atoms with Gasteiger partial charge in [0.25, 0.3) is 0 Å². The number of anilines is 1. The van der Waals surface area contributed by atoms with Gasteiger partial charge in [0.15, 0.2) is 5.13 Å². The third-order valence-corrected chi connectivity index (χ3v) is 6.02. The lowest BCUT2D eigenvalue weighted by molar-refractivity contribution is -0.122. The number of piperidine rings is 1. The summed E-state index contributed by atoms with van der Waals surface area (Å²) in [6.07, 6.45) is -0.216. The highest BCUT2D eigenvalue weighted by molar-refractivity contribution is 7.22. The van der Waals surface area contributed by atoms with E-state index >= 15 is 0 Å². The van der Waals surface area contributed by atoms with Crippen molar-refractivity contribution >= 4 is 32.6 Å². The average Bonchev–Trinajstić information content (AvgIpc) is 3.05. The Hall–Kier alpha value is -2.62. The van der Waals surface area contributed by atoms with Crippen LogP contribution in [0.3, 0.4) is 0 Å². The van der Waals surface area contributed by atoms with Gasteiger partial charge in [-0.1, -0.05) is 17.4 Å². The smallest absolute Gasteiger partial charge is 0.240 e. The summed E-state index contributed by atoms with van der Waals surface area (Å²) in [7, 11) is 0. The van der Waals surface area contributed by atoms with E-state index in [-0.39, 0.29) is 18.3 Å². The van der Waals surface area contributed by atoms with Crippen molar-refractivity contribution in [1.82, 2.24) is 9.88 Å². The Morgan fingerprint density at radius 2 is 2.13 bits per heavy atom. The standard InChI is InChI=1S/C21H21F2N3O3S/c1-21(28)7-8-26(11-18(21)29-15-4-2-3-13(22)9-15)12-19(27)25-20-24-16-6-5-14(23)10-17(16)30-20/h2-6,9-10,18,28H,7-8,11-12H2,1H3,(H,24,25,27)/t18-,21-/m0/s1. The van der Waals surface area contributed by atoms with Crippen LogP contribution in [0.5, 0.6) is 5.75 Å². The number of carbonyl (C=O) groups is 1. The molecule has 2 aromatic carbocycles. The summed E-state index contributed by atoms with van der Waals surface area (Å²) in [6, 6.07) is 10.0. The Kier molecular flexibility index (Phi) is 5.68.